The molecule has 1 atom stereocenters. The summed E-state index contributed by atoms with van der Waals surface area (Å²) in [6.45, 7) is 6.51. The summed E-state index contributed by atoms with van der Waals surface area (Å²) in [5.74, 6) is -0.920. The van der Waals surface area contributed by atoms with Crippen molar-refractivity contribution in [3.05, 3.63) is 97.2 Å². The zero-order valence-corrected chi connectivity index (χ0v) is 50.7. The Kier molecular flexibility index (Phi) is 61.8. The summed E-state index contributed by atoms with van der Waals surface area (Å²) in [6.07, 6.45) is 86.9. The van der Waals surface area contributed by atoms with Gasteiger partial charge in [-0.2, -0.15) is 0 Å². The van der Waals surface area contributed by atoms with E-state index in [0.29, 0.717) is 19.3 Å². The lowest BCUT2D eigenvalue weighted by atomic mass is 10.1. The van der Waals surface area contributed by atoms with Gasteiger partial charge < -0.3 is 14.2 Å². The van der Waals surface area contributed by atoms with Crippen LogP contribution in [0.15, 0.2) is 97.2 Å². The molecule has 0 aliphatic rings. The highest BCUT2D eigenvalue weighted by Gasteiger charge is 2.19. The van der Waals surface area contributed by atoms with Gasteiger partial charge in [0.25, 0.3) is 0 Å². The summed E-state index contributed by atoms with van der Waals surface area (Å²) >= 11 is 0. The molecule has 0 aromatic heterocycles. The van der Waals surface area contributed by atoms with Gasteiger partial charge in [-0.25, -0.2) is 0 Å². The number of allylic oxidation sites excluding steroid dienone is 16. The van der Waals surface area contributed by atoms with Crippen LogP contribution in [0.4, 0.5) is 0 Å². The lowest BCUT2D eigenvalue weighted by Gasteiger charge is -2.18. The molecule has 0 radical (unpaired) electrons. The van der Waals surface area contributed by atoms with Crippen molar-refractivity contribution >= 4 is 17.9 Å². The van der Waals surface area contributed by atoms with Crippen LogP contribution >= 0.6 is 0 Å². The summed E-state index contributed by atoms with van der Waals surface area (Å²) in [4.78, 5) is 38.4. The number of hydrogen-bond donors (Lipinski definition) is 0. The van der Waals surface area contributed by atoms with Crippen molar-refractivity contribution in [1.29, 1.82) is 0 Å². The molecule has 6 nitrogen and oxygen atoms in total. The van der Waals surface area contributed by atoms with Gasteiger partial charge in [-0.15, -0.1) is 0 Å². The molecule has 77 heavy (non-hydrogen) atoms. The van der Waals surface area contributed by atoms with Gasteiger partial charge in [0.2, 0.25) is 0 Å². The first-order valence-corrected chi connectivity index (χ1v) is 32.7. The Bertz CT molecular complexity index is 1510. The maximum atomic E-state index is 12.9. The Morgan fingerprint density at radius 2 is 0.506 bits per heavy atom. The van der Waals surface area contributed by atoms with Crippen LogP contribution in [-0.4, -0.2) is 37.2 Å². The van der Waals surface area contributed by atoms with Crippen LogP contribution in [0, 0.1) is 0 Å². The van der Waals surface area contributed by atoms with Crippen molar-refractivity contribution in [2.45, 2.75) is 322 Å². The van der Waals surface area contributed by atoms with Crippen LogP contribution in [0.1, 0.15) is 316 Å². The van der Waals surface area contributed by atoms with E-state index in [1.165, 1.54) is 161 Å². The molecule has 6 heteroatoms. The average Bonchev–Trinajstić information content (AvgIpc) is 3.43. The largest absolute Gasteiger partial charge is 0.462 e. The maximum Gasteiger partial charge on any atom is 0.306 e. The third-order valence-electron chi connectivity index (χ3n) is 14.0. The molecule has 0 heterocycles. The predicted molar refractivity (Wildman–Crippen MR) is 334 cm³/mol. The van der Waals surface area contributed by atoms with Crippen LogP contribution in [0.25, 0.3) is 0 Å². The first kappa shape index (κ1) is 73.3. The van der Waals surface area contributed by atoms with Gasteiger partial charge in [-0.1, -0.05) is 272 Å². The number of carbonyl (C=O) groups excluding carboxylic acids is 3. The van der Waals surface area contributed by atoms with Gasteiger partial charge in [0.1, 0.15) is 13.2 Å². The second kappa shape index (κ2) is 64.9. The molecule has 0 saturated heterocycles. The second-order valence-electron chi connectivity index (χ2n) is 21.6. The fourth-order valence-corrected chi connectivity index (χ4v) is 9.14. The highest BCUT2D eigenvalue weighted by atomic mass is 16.6. The summed E-state index contributed by atoms with van der Waals surface area (Å²) in [6, 6.07) is 0. The van der Waals surface area contributed by atoms with Crippen molar-refractivity contribution in [3.8, 4) is 0 Å². The first-order chi connectivity index (χ1) is 38.0. The molecule has 0 aromatic rings. The third kappa shape index (κ3) is 63.0. The minimum absolute atomic E-state index is 0.0929. The number of ether oxygens (including phenoxy) is 3. The molecule has 0 aliphatic carbocycles. The van der Waals surface area contributed by atoms with E-state index in [9.17, 15) is 14.4 Å². The van der Waals surface area contributed by atoms with Gasteiger partial charge in [-0.05, 0) is 122 Å². The van der Waals surface area contributed by atoms with Gasteiger partial charge >= 0.3 is 17.9 Å². The second-order valence-corrected chi connectivity index (χ2v) is 21.6. The number of esters is 3. The van der Waals surface area contributed by atoms with E-state index in [1.807, 2.05) is 0 Å². The Morgan fingerprint density at radius 1 is 0.273 bits per heavy atom. The van der Waals surface area contributed by atoms with Gasteiger partial charge in [0.15, 0.2) is 6.10 Å². The van der Waals surface area contributed by atoms with Crippen molar-refractivity contribution < 1.29 is 28.6 Å². The van der Waals surface area contributed by atoms with Gasteiger partial charge in [0.05, 0.1) is 0 Å². The first-order valence-electron chi connectivity index (χ1n) is 32.7. The molecule has 0 saturated carbocycles. The number of unbranched alkanes of at least 4 members (excludes halogenated alkanes) is 32. The molecule has 442 valence electrons. The smallest absolute Gasteiger partial charge is 0.306 e. The van der Waals surface area contributed by atoms with E-state index in [2.05, 4.69) is 118 Å². The molecule has 0 rings (SSSR count). The molecule has 0 aromatic carbocycles. The van der Waals surface area contributed by atoms with Gasteiger partial charge in [0, 0.05) is 19.3 Å². The number of carbonyl (C=O) groups is 3. The minimum atomic E-state index is -0.797. The average molecular weight is 1070 g/mol. The third-order valence-corrected chi connectivity index (χ3v) is 14.0. The fourth-order valence-electron chi connectivity index (χ4n) is 9.14. The molecule has 0 spiro atoms. The summed E-state index contributed by atoms with van der Waals surface area (Å²) < 4.78 is 16.9. The molecular weight excluding hydrogens is 949 g/mol. The standard InChI is InChI=1S/C71H122O6/c1-4-7-10-13-16-19-22-25-28-31-33-35-37-40-43-46-49-52-55-58-61-64-70(73)76-67-68(66-75-69(72)63-60-57-54-51-48-45-42-39-30-27-24-21-18-15-12-9-6-3)77-71(74)65-62-59-56-53-50-47-44-41-38-36-34-32-29-26-23-20-17-14-11-8-5-2/h9,12,18,21-22,25,27,30-34,37,40,42,45,68H,4-8,10-11,13-17,19-20,23-24,26,28-29,35-36,38-39,41,43-44,46-67H2,1-3H3/b12-9-,21-18-,25-22-,30-27-,33-31-,34-32-,40-37-,45-42-. The Balaban J connectivity index is 4.44. The Morgan fingerprint density at radius 3 is 0.805 bits per heavy atom. The van der Waals surface area contributed by atoms with Crippen LogP contribution < -0.4 is 0 Å². The van der Waals surface area contributed by atoms with Crippen molar-refractivity contribution in [1.82, 2.24) is 0 Å². The topological polar surface area (TPSA) is 78.9 Å². The highest BCUT2D eigenvalue weighted by Crippen LogP contribution is 2.16. The summed E-state index contributed by atoms with van der Waals surface area (Å²) in [7, 11) is 0. The molecule has 0 N–H and O–H groups in total. The van der Waals surface area contributed by atoms with Crippen LogP contribution in [0.3, 0.4) is 0 Å². The maximum absolute atomic E-state index is 12.9. The zero-order valence-electron chi connectivity index (χ0n) is 50.7. The van der Waals surface area contributed by atoms with Crippen molar-refractivity contribution in [3.63, 3.8) is 0 Å². The van der Waals surface area contributed by atoms with E-state index in [-0.39, 0.29) is 31.1 Å². The number of hydrogen-bond acceptors (Lipinski definition) is 6. The molecule has 0 aliphatic heterocycles. The predicted octanol–water partition coefficient (Wildman–Crippen LogP) is 22.4. The Hall–Kier alpha value is -3.67. The monoisotopic (exact) mass is 1070 g/mol. The molecule has 0 bridgehead atoms. The van der Waals surface area contributed by atoms with Crippen LogP contribution in [-0.2, 0) is 28.6 Å². The fraction of sp³-hybridized carbons (Fsp3) is 0.732. The summed E-state index contributed by atoms with van der Waals surface area (Å²) in [5.41, 5.74) is 0. The van der Waals surface area contributed by atoms with E-state index >= 15 is 0 Å². The Labute approximate surface area is 477 Å². The van der Waals surface area contributed by atoms with Crippen molar-refractivity contribution in [2.75, 3.05) is 13.2 Å². The summed E-state index contributed by atoms with van der Waals surface area (Å²) in [5, 5.41) is 0. The minimum Gasteiger partial charge on any atom is -0.462 e. The molecule has 1 unspecified atom stereocenters. The van der Waals surface area contributed by atoms with Crippen molar-refractivity contribution in [2.24, 2.45) is 0 Å². The normalized spacial score (nSPS) is 12.7. The van der Waals surface area contributed by atoms with E-state index < -0.39 is 6.10 Å². The lowest BCUT2D eigenvalue weighted by Crippen LogP contribution is -2.30. The lowest BCUT2D eigenvalue weighted by molar-refractivity contribution is -0.167. The SMILES string of the molecule is CC/C=C\C/C=C\C/C=C\C/C=C\CCCCCCC(=O)OCC(COC(=O)CCCCCCCC/C=C\C/C=C\C/C=C\CCCCCCC)OC(=O)CCCCCCCCCCC/C=C\CCCCCCCCCC. The highest BCUT2D eigenvalue weighted by molar-refractivity contribution is 5.71. The quantitative estimate of drug-likeness (QED) is 0.0261. The number of rotatable bonds is 59. The zero-order chi connectivity index (χ0) is 55.7. The van der Waals surface area contributed by atoms with E-state index in [4.69, 9.17) is 14.2 Å². The molecule has 0 amide bonds. The van der Waals surface area contributed by atoms with Crippen LogP contribution in [0.2, 0.25) is 0 Å². The van der Waals surface area contributed by atoms with Gasteiger partial charge in [-0.3, -0.25) is 14.4 Å². The van der Waals surface area contributed by atoms with E-state index in [0.717, 1.165) is 116 Å². The van der Waals surface area contributed by atoms with E-state index in [1.54, 1.807) is 0 Å². The van der Waals surface area contributed by atoms with Crippen LogP contribution in [0.5, 0.6) is 0 Å². The molecular formula is C71H122O6. The molecule has 0 fully saturated rings.